The third-order valence-electron chi connectivity index (χ3n) is 4.29. The molecule has 1 aliphatic rings. The van der Waals surface area contributed by atoms with Gasteiger partial charge in [0.1, 0.15) is 0 Å². The number of nitrogens with one attached hydrogen (secondary N) is 1. The molecule has 120 valence electrons. The first-order chi connectivity index (χ1) is 11.1. The second kappa shape index (κ2) is 6.24. The number of carbonyl (C=O) groups excluding carboxylic acids is 1. The lowest BCUT2D eigenvalue weighted by atomic mass is 9.92. The van der Waals surface area contributed by atoms with Gasteiger partial charge in [-0.2, -0.15) is 0 Å². The Morgan fingerprint density at radius 2 is 1.91 bits per heavy atom. The number of benzene rings is 1. The number of hydrogen-bond acceptors (Lipinski definition) is 4. The van der Waals surface area contributed by atoms with Crippen molar-refractivity contribution in [3.8, 4) is 11.3 Å². The molecule has 1 aliphatic carbocycles. The molecule has 2 N–H and O–H groups in total. The third kappa shape index (κ3) is 3.41. The summed E-state index contributed by atoms with van der Waals surface area (Å²) in [5.74, 6) is -0.486. The zero-order valence-corrected chi connectivity index (χ0v) is 12.6. The summed E-state index contributed by atoms with van der Waals surface area (Å²) in [6.07, 6.45) is 6.23. The van der Waals surface area contributed by atoms with Gasteiger partial charge in [-0.05, 0) is 25.0 Å². The van der Waals surface area contributed by atoms with Crippen molar-refractivity contribution in [3.05, 3.63) is 42.4 Å². The molecule has 0 spiro atoms. The highest BCUT2D eigenvalue weighted by atomic mass is 16.4. The van der Waals surface area contributed by atoms with E-state index in [1.165, 1.54) is 6.39 Å². The van der Waals surface area contributed by atoms with E-state index in [1.54, 1.807) is 30.5 Å². The Morgan fingerprint density at radius 1 is 1.22 bits per heavy atom. The van der Waals surface area contributed by atoms with Crippen molar-refractivity contribution in [2.24, 2.45) is 0 Å². The summed E-state index contributed by atoms with van der Waals surface area (Å²) in [7, 11) is 0. The van der Waals surface area contributed by atoms with Crippen LogP contribution in [0, 0.1) is 0 Å². The van der Waals surface area contributed by atoms with Crippen LogP contribution >= 0.6 is 0 Å². The van der Waals surface area contributed by atoms with E-state index in [1.807, 2.05) is 0 Å². The molecular weight excluding hydrogens is 296 g/mol. The second-order valence-electron chi connectivity index (χ2n) is 5.96. The SMILES string of the molecule is O=C(O)CC1(NC(=O)c2ccc(-c3cnco3)cc2)CCCC1. The number of nitrogens with zero attached hydrogens (tertiary/aromatic N) is 1. The van der Waals surface area contributed by atoms with Crippen molar-refractivity contribution >= 4 is 11.9 Å². The normalized spacial score (nSPS) is 16.2. The number of amides is 1. The van der Waals surface area contributed by atoms with Crippen LogP contribution in [0.5, 0.6) is 0 Å². The predicted molar refractivity (Wildman–Crippen MR) is 82.9 cm³/mol. The highest BCUT2D eigenvalue weighted by Crippen LogP contribution is 2.33. The number of oxazole rings is 1. The fraction of sp³-hybridized carbons (Fsp3) is 0.353. The molecule has 1 fully saturated rings. The predicted octanol–water partition coefficient (Wildman–Crippen LogP) is 2.86. The lowest BCUT2D eigenvalue weighted by Gasteiger charge is -2.28. The van der Waals surface area contributed by atoms with Gasteiger partial charge in [0.15, 0.2) is 12.2 Å². The van der Waals surface area contributed by atoms with Crippen molar-refractivity contribution in [2.75, 3.05) is 0 Å². The van der Waals surface area contributed by atoms with Crippen LogP contribution in [0.3, 0.4) is 0 Å². The second-order valence-corrected chi connectivity index (χ2v) is 5.96. The van der Waals surface area contributed by atoms with E-state index < -0.39 is 11.5 Å². The zero-order chi connectivity index (χ0) is 16.3. The summed E-state index contributed by atoms with van der Waals surface area (Å²) in [5.41, 5.74) is 0.720. The molecular formula is C17H18N2O4. The van der Waals surface area contributed by atoms with Gasteiger partial charge in [0.2, 0.25) is 0 Å². The Kier molecular flexibility index (Phi) is 4.14. The first kappa shape index (κ1) is 15.3. The molecule has 1 saturated carbocycles. The number of carboxylic acid groups (broad SMARTS) is 1. The largest absolute Gasteiger partial charge is 0.481 e. The monoisotopic (exact) mass is 314 g/mol. The van der Waals surface area contributed by atoms with Gasteiger partial charge < -0.3 is 14.8 Å². The van der Waals surface area contributed by atoms with E-state index in [-0.39, 0.29) is 12.3 Å². The van der Waals surface area contributed by atoms with E-state index in [4.69, 9.17) is 9.52 Å². The first-order valence-corrected chi connectivity index (χ1v) is 7.61. The average Bonchev–Trinajstić information content (AvgIpc) is 3.19. The summed E-state index contributed by atoms with van der Waals surface area (Å²) < 4.78 is 5.21. The average molecular weight is 314 g/mol. The van der Waals surface area contributed by atoms with Crippen molar-refractivity contribution in [1.29, 1.82) is 0 Å². The van der Waals surface area contributed by atoms with Crippen molar-refractivity contribution in [1.82, 2.24) is 10.3 Å². The van der Waals surface area contributed by atoms with Gasteiger partial charge in [0, 0.05) is 11.1 Å². The molecule has 6 heteroatoms. The van der Waals surface area contributed by atoms with Crippen LogP contribution < -0.4 is 5.32 Å². The van der Waals surface area contributed by atoms with Gasteiger partial charge >= 0.3 is 5.97 Å². The van der Waals surface area contributed by atoms with Crippen LogP contribution in [0.1, 0.15) is 42.5 Å². The number of aromatic nitrogens is 1. The maximum absolute atomic E-state index is 12.4. The van der Waals surface area contributed by atoms with Gasteiger partial charge in [-0.1, -0.05) is 25.0 Å². The van der Waals surface area contributed by atoms with Crippen molar-refractivity contribution in [3.63, 3.8) is 0 Å². The van der Waals surface area contributed by atoms with E-state index in [2.05, 4.69) is 10.3 Å². The topological polar surface area (TPSA) is 92.4 Å². The van der Waals surface area contributed by atoms with E-state index >= 15 is 0 Å². The molecule has 0 unspecified atom stereocenters. The molecule has 0 radical (unpaired) electrons. The number of rotatable bonds is 5. The summed E-state index contributed by atoms with van der Waals surface area (Å²) >= 11 is 0. The maximum atomic E-state index is 12.4. The zero-order valence-electron chi connectivity index (χ0n) is 12.6. The molecule has 0 atom stereocenters. The molecule has 23 heavy (non-hydrogen) atoms. The van der Waals surface area contributed by atoms with Gasteiger partial charge in [-0.3, -0.25) is 9.59 Å². The smallest absolute Gasteiger partial charge is 0.305 e. The fourth-order valence-corrected chi connectivity index (χ4v) is 3.14. The standard InChI is InChI=1S/C17H18N2O4/c20-15(21)9-17(7-1-2-8-17)19-16(22)13-5-3-12(4-6-13)14-10-18-11-23-14/h3-6,10-11H,1-2,7-9H2,(H,19,22)(H,20,21). The van der Waals surface area contributed by atoms with Gasteiger partial charge in [0.05, 0.1) is 18.2 Å². The number of carboxylic acids is 1. The summed E-state index contributed by atoms with van der Waals surface area (Å²) in [6, 6.07) is 6.98. The molecule has 3 rings (SSSR count). The molecule has 0 aliphatic heterocycles. The Balaban J connectivity index is 1.73. The molecule has 1 amide bonds. The molecule has 6 nitrogen and oxygen atoms in total. The highest BCUT2D eigenvalue weighted by Gasteiger charge is 2.37. The Bertz CT molecular complexity index is 686. The number of aliphatic carboxylic acids is 1. The van der Waals surface area contributed by atoms with Crippen LogP contribution in [-0.2, 0) is 4.79 Å². The number of hydrogen-bond donors (Lipinski definition) is 2. The lowest BCUT2D eigenvalue weighted by molar-refractivity contribution is -0.138. The molecule has 2 aromatic rings. The highest BCUT2D eigenvalue weighted by molar-refractivity contribution is 5.95. The van der Waals surface area contributed by atoms with E-state index in [0.29, 0.717) is 24.2 Å². The fourth-order valence-electron chi connectivity index (χ4n) is 3.14. The molecule has 0 saturated heterocycles. The molecule has 1 heterocycles. The summed E-state index contributed by atoms with van der Waals surface area (Å²) in [4.78, 5) is 27.4. The van der Waals surface area contributed by atoms with Gasteiger partial charge in [-0.25, -0.2) is 4.98 Å². The number of carbonyl (C=O) groups is 2. The van der Waals surface area contributed by atoms with Gasteiger partial charge in [0.25, 0.3) is 5.91 Å². The maximum Gasteiger partial charge on any atom is 0.305 e. The van der Waals surface area contributed by atoms with Crippen LogP contribution in [0.4, 0.5) is 0 Å². The van der Waals surface area contributed by atoms with Crippen molar-refractivity contribution < 1.29 is 19.1 Å². The summed E-state index contributed by atoms with van der Waals surface area (Å²) in [6.45, 7) is 0. The van der Waals surface area contributed by atoms with Crippen molar-refractivity contribution in [2.45, 2.75) is 37.6 Å². The van der Waals surface area contributed by atoms with Crippen LogP contribution in [0.25, 0.3) is 11.3 Å². The Hall–Kier alpha value is -2.63. The van der Waals surface area contributed by atoms with E-state index in [9.17, 15) is 9.59 Å². The first-order valence-electron chi connectivity index (χ1n) is 7.61. The minimum absolute atomic E-state index is 0.0328. The minimum atomic E-state index is -0.882. The van der Waals surface area contributed by atoms with E-state index in [0.717, 1.165) is 18.4 Å². The lowest BCUT2D eigenvalue weighted by Crippen LogP contribution is -2.47. The van der Waals surface area contributed by atoms with Crippen LogP contribution in [0.15, 0.2) is 41.3 Å². The summed E-state index contributed by atoms with van der Waals surface area (Å²) in [5, 5.41) is 12.0. The quantitative estimate of drug-likeness (QED) is 0.885. The van der Waals surface area contributed by atoms with Gasteiger partial charge in [-0.15, -0.1) is 0 Å². The molecule has 0 bridgehead atoms. The Labute approximate surface area is 133 Å². The van der Waals surface area contributed by atoms with Crippen LogP contribution in [-0.4, -0.2) is 27.5 Å². The third-order valence-corrected chi connectivity index (χ3v) is 4.29. The molecule has 1 aromatic carbocycles. The van der Waals surface area contributed by atoms with Crippen LogP contribution in [0.2, 0.25) is 0 Å². The minimum Gasteiger partial charge on any atom is -0.481 e. The Morgan fingerprint density at radius 3 is 2.48 bits per heavy atom. The molecule has 1 aromatic heterocycles.